The summed E-state index contributed by atoms with van der Waals surface area (Å²) in [5.74, 6) is -2.97. The minimum atomic E-state index is -1.18. The number of benzene rings is 2. The molecule has 0 unspecified atom stereocenters. The van der Waals surface area contributed by atoms with Gasteiger partial charge in [-0.2, -0.15) is 0 Å². The predicted octanol–water partition coefficient (Wildman–Crippen LogP) is 3.60. The lowest BCUT2D eigenvalue weighted by atomic mass is 10.0. The zero-order chi connectivity index (χ0) is 29.2. The van der Waals surface area contributed by atoms with Gasteiger partial charge in [0.2, 0.25) is 11.8 Å². The standard InChI is InChI=1S/C29H38FN3O6/c1-18(2)15-24(27(36)37)32-25(34)22(16-19-9-7-6-8-10-19)31-26(35)23(33-28(38)39-29(3,4)5)17-20-11-13-21(30)14-12-20/h6-14,18,22-24H,15-17H2,1-5H3,(H,31,35)(H,32,34)(H,33,38)(H,36,37)/t22-,23-,24-/m1/s1. The Kier molecular flexibility index (Phi) is 11.4. The van der Waals surface area contributed by atoms with Gasteiger partial charge < -0.3 is 25.8 Å². The lowest BCUT2D eigenvalue weighted by Crippen LogP contribution is -2.57. The second-order valence-electron chi connectivity index (χ2n) is 10.8. The van der Waals surface area contributed by atoms with Gasteiger partial charge in [0.25, 0.3) is 0 Å². The number of rotatable bonds is 12. The van der Waals surface area contributed by atoms with Crippen LogP contribution in [-0.2, 0) is 32.0 Å². The highest BCUT2D eigenvalue weighted by molar-refractivity contribution is 5.93. The largest absolute Gasteiger partial charge is 0.480 e. The lowest BCUT2D eigenvalue weighted by Gasteiger charge is -2.26. The van der Waals surface area contributed by atoms with E-state index >= 15 is 0 Å². The van der Waals surface area contributed by atoms with Crippen molar-refractivity contribution in [3.63, 3.8) is 0 Å². The van der Waals surface area contributed by atoms with Crippen LogP contribution in [0, 0.1) is 11.7 Å². The molecule has 0 fully saturated rings. The van der Waals surface area contributed by atoms with Crippen LogP contribution in [0.1, 0.15) is 52.2 Å². The molecule has 0 aliphatic carbocycles. The van der Waals surface area contributed by atoms with Crippen molar-refractivity contribution in [1.29, 1.82) is 0 Å². The van der Waals surface area contributed by atoms with Crippen LogP contribution < -0.4 is 16.0 Å². The van der Waals surface area contributed by atoms with Gasteiger partial charge in [0.05, 0.1) is 0 Å². The van der Waals surface area contributed by atoms with E-state index in [9.17, 15) is 28.7 Å². The molecule has 0 aliphatic rings. The Morgan fingerprint density at radius 1 is 0.795 bits per heavy atom. The van der Waals surface area contributed by atoms with Gasteiger partial charge in [0.15, 0.2) is 0 Å². The zero-order valence-electron chi connectivity index (χ0n) is 23.0. The van der Waals surface area contributed by atoms with Gasteiger partial charge in [0, 0.05) is 12.8 Å². The molecule has 0 aromatic heterocycles. The number of hydrogen-bond donors (Lipinski definition) is 4. The monoisotopic (exact) mass is 543 g/mol. The first-order valence-electron chi connectivity index (χ1n) is 12.8. The minimum Gasteiger partial charge on any atom is -0.480 e. The van der Waals surface area contributed by atoms with Crippen molar-refractivity contribution in [2.45, 2.75) is 77.6 Å². The maximum atomic E-state index is 13.5. The van der Waals surface area contributed by atoms with Crippen molar-refractivity contribution in [2.75, 3.05) is 0 Å². The molecule has 0 saturated carbocycles. The number of halogens is 1. The Labute approximate surface area is 228 Å². The minimum absolute atomic E-state index is 0.00384. The lowest BCUT2D eigenvalue weighted by molar-refractivity contribution is -0.142. The fraction of sp³-hybridized carbons (Fsp3) is 0.448. The van der Waals surface area contributed by atoms with Gasteiger partial charge in [-0.15, -0.1) is 0 Å². The molecule has 2 aromatic rings. The van der Waals surface area contributed by atoms with Crippen LogP contribution in [0.4, 0.5) is 9.18 Å². The average Bonchev–Trinajstić information content (AvgIpc) is 2.83. The second-order valence-corrected chi connectivity index (χ2v) is 10.8. The van der Waals surface area contributed by atoms with E-state index < -0.39 is 53.4 Å². The highest BCUT2D eigenvalue weighted by atomic mass is 19.1. The third kappa shape index (κ3) is 11.5. The zero-order valence-corrected chi connectivity index (χ0v) is 23.0. The van der Waals surface area contributed by atoms with Crippen LogP contribution in [0.15, 0.2) is 54.6 Å². The summed E-state index contributed by atoms with van der Waals surface area (Å²) in [7, 11) is 0. The molecule has 3 atom stereocenters. The number of nitrogens with one attached hydrogen (secondary N) is 3. The molecule has 0 aliphatic heterocycles. The van der Waals surface area contributed by atoms with Crippen molar-refractivity contribution in [2.24, 2.45) is 5.92 Å². The number of carboxylic acid groups (broad SMARTS) is 1. The van der Waals surface area contributed by atoms with Crippen LogP contribution in [-0.4, -0.2) is 52.7 Å². The highest BCUT2D eigenvalue weighted by Gasteiger charge is 2.31. The van der Waals surface area contributed by atoms with Gasteiger partial charge >= 0.3 is 12.1 Å². The maximum Gasteiger partial charge on any atom is 0.408 e. The van der Waals surface area contributed by atoms with Crippen LogP contribution in [0.3, 0.4) is 0 Å². The van der Waals surface area contributed by atoms with E-state index in [1.807, 2.05) is 19.9 Å². The van der Waals surface area contributed by atoms with E-state index in [0.717, 1.165) is 5.56 Å². The molecule has 0 saturated heterocycles. The molecule has 4 N–H and O–H groups in total. The van der Waals surface area contributed by atoms with E-state index in [1.54, 1.807) is 45.0 Å². The number of ether oxygens (including phenoxy) is 1. The first-order chi connectivity index (χ1) is 18.2. The molecule has 39 heavy (non-hydrogen) atoms. The van der Waals surface area contributed by atoms with Crippen LogP contribution in [0.2, 0.25) is 0 Å². The molecule has 0 radical (unpaired) electrons. The number of aliphatic carboxylic acids is 1. The van der Waals surface area contributed by atoms with E-state index in [-0.39, 0.29) is 25.2 Å². The van der Waals surface area contributed by atoms with Crippen molar-refractivity contribution < 1.29 is 33.4 Å². The molecule has 3 amide bonds. The Morgan fingerprint density at radius 3 is 1.77 bits per heavy atom. The number of hydrogen-bond acceptors (Lipinski definition) is 5. The number of carbonyl (C=O) groups is 4. The summed E-state index contributed by atoms with van der Waals surface area (Å²) >= 11 is 0. The van der Waals surface area contributed by atoms with Crippen molar-refractivity contribution in [3.8, 4) is 0 Å². The van der Waals surface area contributed by atoms with Gasteiger partial charge in [-0.25, -0.2) is 14.0 Å². The van der Waals surface area contributed by atoms with Gasteiger partial charge in [-0.3, -0.25) is 9.59 Å². The summed E-state index contributed by atoms with van der Waals surface area (Å²) in [6.45, 7) is 8.72. The SMILES string of the molecule is CC(C)C[C@@H](NC(=O)[C@@H](Cc1ccccc1)NC(=O)[C@@H](Cc1ccc(F)cc1)NC(=O)OC(C)(C)C)C(=O)O. The highest BCUT2D eigenvalue weighted by Crippen LogP contribution is 2.12. The number of carboxylic acids is 1. The fourth-order valence-corrected chi connectivity index (χ4v) is 3.81. The smallest absolute Gasteiger partial charge is 0.408 e. The maximum absolute atomic E-state index is 13.5. The van der Waals surface area contributed by atoms with Crippen LogP contribution in [0.25, 0.3) is 0 Å². The van der Waals surface area contributed by atoms with Crippen molar-refractivity contribution in [3.05, 3.63) is 71.5 Å². The average molecular weight is 544 g/mol. The van der Waals surface area contributed by atoms with Crippen molar-refractivity contribution >= 4 is 23.9 Å². The molecule has 10 heteroatoms. The molecule has 2 rings (SSSR count). The Balaban J connectivity index is 2.31. The second kappa shape index (κ2) is 14.3. The third-order valence-electron chi connectivity index (χ3n) is 5.60. The topological polar surface area (TPSA) is 134 Å². The molecular weight excluding hydrogens is 505 g/mol. The Morgan fingerprint density at radius 2 is 1.28 bits per heavy atom. The predicted molar refractivity (Wildman–Crippen MR) is 144 cm³/mol. The molecule has 0 spiro atoms. The molecule has 2 aromatic carbocycles. The van der Waals surface area contributed by atoms with Crippen molar-refractivity contribution in [1.82, 2.24) is 16.0 Å². The number of carbonyl (C=O) groups excluding carboxylic acids is 3. The Hall–Kier alpha value is -3.95. The first-order valence-corrected chi connectivity index (χ1v) is 12.8. The summed E-state index contributed by atoms with van der Waals surface area (Å²) in [5, 5.41) is 17.3. The molecule has 0 bridgehead atoms. The molecule has 212 valence electrons. The Bertz CT molecular complexity index is 1120. The summed E-state index contributed by atoms with van der Waals surface area (Å²) < 4.78 is 18.7. The van der Waals surface area contributed by atoms with Crippen LogP contribution >= 0.6 is 0 Å². The summed E-state index contributed by atoms with van der Waals surface area (Å²) in [6, 6.07) is 11.0. The quantitative estimate of drug-likeness (QED) is 0.323. The summed E-state index contributed by atoms with van der Waals surface area (Å²) in [6.07, 6.45) is -0.546. The summed E-state index contributed by atoms with van der Waals surface area (Å²) in [5.41, 5.74) is 0.488. The van der Waals surface area contributed by atoms with Gasteiger partial charge in [0.1, 0.15) is 29.5 Å². The number of alkyl carbamates (subject to hydrolysis) is 1. The van der Waals surface area contributed by atoms with Gasteiger partial charge in [-0.1, -0.05) is 56.3 Å². The first kappa shape index (κ1) is 31.3. The summed E-state index contributed by atoms with van der Waals surface area (Å²) in [4.78, 5) is 51.0. The van der Waals surface area contributed by atoms with Gasteiger partial charge in [-0.05, 0) is 56.4 Å². The van der Waals surface area contributed by atoms with Crippen LogP contribution in [0.5, 0.6) is 0 Å². The van der Waals surface area contributed by atoms with E-state index in [0.29, 0.717) is 5.56 Å². The third-order valence-corrected chi connectivity index (χ3v) is 5.60. The molecule has 0 heterocycles. The fourth-order valence-electron chi connectivity index (χ4n) is 3.81. The van der Waals surface area contributed by atoms with E-state index in [2.05, 4.69) is 16.0 Å². The molecular formula is C29H38FN3O6. The van der Waals surface area contributed by atoms with E-state index in [1.165, 1.54) is 24.3 Å². The molecule has 9 nitrogen and oxygen atoms in total. The van der Waals surface area contributed by atoms with E-state index in [4.69, 9.17) is 4.74 Å². The number of amides is 3. The normalized spacial score (nSPS) is 13.6.